The third kappa shape index (κ3) is 5.37. The molecule has 180 valence electrons. The molecule has 5 rings (SSSR count). The van der Waals surface area contributed by atoms with Gasteiger partial charge in [-0.1, -0.05) is 48.6 Å². The molecule has 7 heteroatoms. The maximum Gasteiger partial charge on any atom is 0.289 e. The molecule has 0 atom stereocenters. The van der Waals surface area contributed by atoms with E-state index < -0.39 is 5.60 Å². The number of carbonyl (C=O) groups excluding carboxylic acids is 1. The zero-order valence-corrected chi connectivity index (χ0v) is 20.6. The first-order valence-electron chi connectivity index (χ1n) is 11.8. The highest BCUT2D eigenvalue weighted by Gasteiger charge is 2.34. The van der Waals surface area contributed by atoms with Crippen molar-refractivity contribution in [3.8, 4) is 0 Å². The van der Waals surface area contributed by atoms with Crippen LogP contribution in [-0.4, -0.2) is 52.5 Å². The first-order chi connectivity index (χ1) is 17.0. The van der Waals surface area contributed by atoms with E-state index in [0.29, 0.717) is 30.7 Å². The molecule has 0 saturated carbocycles. The van der Waals surface area contributed by atoms with Gasteiger partial charge in [-0.05, 0) is 42.2 Å². The Morgan fingerprint density at radius 3 is 2.74 bits per heavy atom. The van der Waals surface area contributed by atoms with Crippen LogP contribution in [-0.2, 0) is 12.1 Å². The number of benzene rings is 2. The highest BCUT2D eigenvalue weighted by Crippen LogP contribution is 2.35. The van der Waals surface area contributed by atoms with Gasteiger partial charge >= 0.3 is 0 Å². The van der Waals surface area contributed by atoms with Gasteiger partial charge in [0.2, 0.25) is 0 Å². The van der Waals surface area contributed by atoms with E-state index in [2.05, 4.69) is 34.2 Å². The van der Waals surface area contributed by atoms with E-state index in [1.54, 1.807) is 23.5 Å². The van der Waals surface area contributed by atoms with E-state index in [4.69, 9.17) is 4.42 Å². The van der Waals surface area contributed by atoms with Gasteiger partial charge in [-0.25, -0.2) is 4.98 Å². The number of hydrogen-bond acceptors (Lipinski definition) is 6. The van der Waals surface area contributed by atoms with Gasteiger partial charge in [0.05, 0.1) is 23.4 Å². The zero-order valence-electron chi connectivity index (χ0n) is 19.8. The maximum absolute atomic E-state index is 12.9. The summed E-state index contributed by atoms with van der Waals surface area (Å²) < 4.78 is 5.84. The summed E-state index contributed by atoms with van der Waals surface area (Å²) in [6.45, 7) is 2.95. The summed E-state index contributed by atoms with van der Waals surface area (Å²) in [6, 6.07) is 17.8. The SMILES string of the molecule is CN(Cc1cscn1)C(=O)c1cc2cc(C3(O)CCN(C/C=C/c4ccccc4)CC3)ccc2o1. The van der Waals surface area contributed by atoms with Crippen molar-refractivity contribution in [1.29, 1.82) is 0 Å². The fourth-order valence-corrected chi connectivity index (χ4v) is 5.10. The third-order valence-corrected chi connectivity index (χ3v) is 7.29. The minimum atomic E-state index is -0.878. The smallest absolute Gasteiger partial charge is 0.289 e. The molecule has 1 N–H and O–H groups in total. The van der Waals surface area contributed by atoms with Crippen LogP contribution in [0.15, 0.2) is 76.0 Å². The van der Waals surface area contributed by atoms with E-state index >= 15 is 0 Å². The van der Waals surface area contributed by atoms with Crippen LogP contribution < -0.4 is 0 Å². The van der Waals surface area contributed by atoms with Crippen molar-refractivity contribution in [2.75, 3.05) is 26.7 Å². The van der Waals surface area contributed by atoms with E-state index in [1.807, 2.05) is 41.8 Å². The van der Waals surface area contributed by atoms with Crippen LogP contribution in [0.25, 0.3) is 17.0 Å². The molecule has 1 amide bonds. The molecular weight excluding hydrogens is 458 g/mol. The Kier molecular flexibility index (Phi) is 6.81. The number of likely N-dealkylation sites (tertiary alicyclic amines) is 1. The van der Waals surface area contributed by atoms with E-state index in [0.717, 1.165) is 36.3 Å². The summed E-state index contributed by atoms with van der Waals surface area (Å²) >= 11 is 1.51. The van der Waals surface area contributed by atoms with Gasteiger partial charge in [-0.15, -0.1) is 11.3 Å². The first-order valence-corrected chi connectivity index (χ1v) is 12.8. The zero-order chi connectivity index (χ0) is 24.3. The second-order valence-electron chi connectivity index (χ2n) is 9.15. The minimum absolute atomic E-state index is 0.189. The van der Waals surface area contributed by atoms with Crippen LogP contribution in [0, 0.1) is 0 Å². The van der Waals surface area contributed by atoms with Crippen molar-refractivity contribution in [2.24, 2.45) is 0 Å². The van der Waals surface area contributed by atoms with Crippen molar-refractivity contribution in [2.45, 2.75) is 25.0 Å². The Morgan fingerprint density at radius 2 is 2.00 bits per heavy atom. The lowest BCUT2D eigenvalue weighted by atomic mass is 9.84. The Labute approximate surface area is 209 Å². The topological polar surface area (TPSA) is 69.8 Å². The van der Waals surface area contributed by atoms with Crippen molar-refractivity contribution in [3.05, 3.63) is 94.1 Å². The monoisotopic (exact) mass is 487 g/mol. The Bertz CT molecular complexity index is 1310. The highest BCUT2D eigenvalue weighted by molar-refractivity contribution is 7.07. The van der Waals surface area contributed by atoms with Crippen molar-refractivity contribution < 1.29 is 14.3 Å². The first kappa shape index (κ1) is 23.5. The fraction of sp³-hybridized carbons (Fsp3) is 0.286. The predicted molar refractivity (Wildman–Crippen MR) is 139 cm³/mol. The number of furan rings is 1. The Hall–Kier alpha value is -3.26. The van der Waals surface area contributed by atoms with Crippen molar-refractivity contribution in [1.82, 2.24) is 14.8 Å². The minimum Gasteiger partial charge on any atom is -0.451 e. The van der Waals surface area contributed by atoms with E-state index in [-0.39, 0.29) is 5.91 Å². The molecule has 0 radical (unpaired) electrons. The van der Waals surface area contributed by atoms with Crippen molar-refractivity contribution >= 4 is 34.3 Å². The van der Waals surface area contributed by atoms with E-state index in [9.17, 15) is 9.90 Å². The largest absolute Gasteiger partial charge is 0.451 e. The standard InChI is InChI=1S/C28H29N3O3S/c1-30(18-24-19-35-20-29-24)27(32)26-17-22-16-23(9-10-25(22)34-26)28(33)11-14-31(15-12-28)13-5-8-21-6-3-2-4-7-21/h2-10,16-17,19-20,33H,11-15,18H2,1H3/b8-5+. The summed E-state index contributed by atoms with van der Waals surface area (Å²) in [7, 11) is 1.74. The van der Waals surface area contributed by atoms with Gasteiger partial charge < -0.3 is 14.4 Å². The molecule has 0 aliphatic carbocycles. The molecular formula is C28H29N3O3S. The van der Waals surface area contributed by atoms with Gasteiger partial charge in [0, 0.05) is 37.4 Å². The lowest BCUT2D eigenvalue weighted by Crippen LogP contribution is -2.42. The van der Waals surface area contributed by atoms with Crippen LogP contribution in [0.5, 0.6) is 0 Å². The molecule has 1 aliphatic rings. The van der Waals surface area contributed by atoms with Gasteiger partial charge in [-0.2, -0.15) is 0 Å². The maximum atomic E-state index is 12.9. The molecule has 6 nitrogen and oxygen atoms in total. The summed E-state index contributed by atoms with van der Waals surface area (Å²) in [4.78, 5) is 21.1. The predicted octanol–water partition coefficient (Wildman–Crippen LogP) is 5.16. The summed E-state index contributed by atoms with van der Waals surface area (Å²) in [5.74, 6) is 0.105. The third-order valence-electron chi connectivity index (χ3n) is 6.65. The molecule has 35 heavy (non-hydrogen) atoms. The average Bonchev–Trinajstić information content (AvgIpc) is 3.55. The molecule has 1 saturated heterocycles. The summed E-state index contributed by atoms with van der Waals surface area (Å²) in [5.41, 5.74) is 4.45. The van der Waals surface area contributed by atoms with Crippen molar-refractivity contribution in [3.63, 3.8) is 0 Å². The van der Waals surface area contributed by atoms with Gasteiger partial charge in [0.1, 0.15) is 5.58 Å². The number of carbonyl (C=O) groups is 1. The quantitative estimate of drug-likeness (QED) is 0.390. The second kappa shape index (κ2) is 10.2. The number of nitrogens with zero attached hydrogens (tertiary/aromatic N) is 3. The molecule has 2 aromatic carbocycles. The number of hydrogen-bond donors (Lipinski definition) is 1. The molecule has 0 spiro atoms. The lowest BCUT2D eigenvalue weighted by molar-refractivity contribution is -0.0232. The number of aliphatic hydroxyl groups is 1. The van der Waals surface area contributed by atoms with Crippen LogP contribution in [0.1, 0.15) is 40.2 Å². The number of rotatable bonds is 7. The molecule has 3 heterocycles. The number of aromatic nitrogens is 1. The van der Waals surface area contributed by atoms with Gasteiger partial charge in [-0.3, -0.25) is 9.69 Å². The Morgan fingerprint density at radius 1 is 1.20 bits per heavy atom. The molecule has 2 aromatic heterocycles. The van der Waals surface area contributed by atoms with Crippen LogP contribution >= 0.6 is 11.3 Å². The molecule has 1 fully saturated rings. The second-order valence-corrected chi connectivity index (χ2v) is 9.87. The molecule has 1 aliphatic heterocycles. The van der Waals surface area contributed by atoms with E-state index in [1.165, 1.54) is 16.9 Å². The summed E-state index contributed by atoms with van der Waals surface area (Å²) in [6.07, 6.45) is 5.65. The molecule has 4 aromatic rings. The number of piperidine rings is 1. The van der Waals surface area contributed by atoms with Gasteiger partial charge in [0.15, 0.2) is 5.76 Å². The molecule has 0 bridgehead atoms. The normalized spacial score (nSPS) is 16.2. The van der Waals surface area contributed by atoms with Crippen LogP contribution in [0.2, 0.25) is 0 Å². The Balaban J connectivity index is 1.22. The van der Waals surface area contributed by atoms with Crippen LogP contribution in [0.3, 0.4) is 0 Å². The van der Waals surface area contributed by atoms with Crippen LogP contribution in [0.4, 0.5) is 0 Å². The highest BCUT2D eigenvalue weighted by atomic mass is 32.1. The van der Waals surface area contributed by atoms with Gasteiger partial charge in [0.25, 0.3) is 5.91 Å². The average molecular weight is 488 g/mol. The summed E-state index contributed by atoms with van der Waals surface area (Å²) in [5, 5.41) is 14.2. The number of thiazole rings is 1. The number of fused-ring (bicyclic) bond motifs is 1. The molecule has 0 unspecified atom stereocenters. The lowest BCUT2D eigenvalue weighted by Gasteiger charge is -2.38. The number of amides is 1. The fourth-order valence-electron chi connectivity index (χ4n) is 4.55.